The molecule has 2 aromatic rings. The molecule has 0 amide bonds. The number of rotatable bonds is 16. The van der Waals surface area contributed by atoms with Crippen LogP contribution in [0.4, 0.5) is 0 Å². The van der Waals surface area contributed by atoms with E-state index in [1.807, 2.05) is 12.4 Å². The van der Waals surface area contributed by atoms with Crippen LogP contribution in [0.2, 0.25) is 0 Å². The molecule has 3 nitrogen and oxygen atoms in total. The Morgan fingerprint density at radius 2 is 0.951 bits per heavy atom. The third kappa shape index (κ3) is 10.7. The molecule has 2 aromatic heterocycles. The van der Waals surface area contributed by atoms with Gasteiger partial charge in [0.25, 0.3) is 0 Å². The number of nitrogens with zero attached hydrogens (tertiary/aromatic N) is 2. The summed E-state index contributed by atoms with van der Waals surface area (Å²) in [4.78, 5) is 9.48. The van der Waals surface area contributed by atoms with Crippen molar-refractivity contribution < 1.29 is 4.74 Å². The van der Waals surface area contributed by atoms with E-state index >= 15 is 0 Å². The lowest BCUT2D eigenvalue weighted by Gasteiger charge is -2.29. The highest BCUT2D eigenvalue weighted by Gasteiger charge is 2.23. The Hall–Kier alpha value is -1.90. The molecular formula is C38H60N2O. The lowest BCUT2D eigenvalue weighted by Crippen LogP contribution is -2.17. The highest BCUT2D eigenvalue weighted by molar-refractivity contribution is 5.36. The molecule has 0 radical (unpaired) electrons. The molecule has 0 N–H and O–H groups in total. The Kier molecular flexibility index (Phi) is 13.5. The van der Waals surface area contributed by atoms with Crippen molar-refractivity contribution in [1.29, 1.82) is 0 Å². The minimum Gasteiger partial charge on any atom is -0.454 e. The van der Waals surface area contributed by atoms with Gasteiger partial charge in [0.2, 0.25) is 0 Å². The third-order valence-corrected chi connectivity index (χ3v) is 10.5. The molecule has 4 rings (SSSR count). The quantitative estimate of drug-likeness (QED) is 0.191. The number of aromatic nitrogens is 2. The van der Waals surface area contributed by atoms with E-state index < -0.39 is 0 Å². The molecule has 0 saturated heterocycles. The Balaban J connectivity index is 1.26. The summed E-state index contributed by atoms with van der Waals surface area (Å²) in [6.45, 7) is 8.92. The predicted octanol–water partition coefficient (Wildman–Crippen LogP) is 11.5. The second-order valence-corrected chi connectivity index (χ2v) is 13.8. The summed E-state index contributed by atoms with van der Waals surface area (Å²) in [6.07, 6.45) is 31.3. The summed E-state index contributed by atoms with van der Waals surface area (Å²) < 4.78 is 6.39. The zero-order valence-corrected chi connectivity index (χ0v) is 27.1. The topological polar surface area (TPSA) is 35.0 Å². The minimum absolute atomic E-state index is 0.789. The van der Waals surface area contributed by atoms with Gasteiger partial charge >= 0.3 is 0 Å². The van der Waals surface area contributed by atoms with E-state index in [1.165, 1.54) is 127 Å². The van der Waals surface area contributed by atoms with Crippen LogP contribution in [0, 0.1) is 37.5 Å². The Labute approximate surface area is 252 Å². The second-order valence-electron chi connectivity index (χ2n) is 13.8. The first-order chi connectivity index (χ1) is 20.0. The summed E-state index contributed by atoms with van der Waals surface area (Å²) >= 11 is 0. The van der Waals surface area contributed by atoms with Crippen molar-refractivity contribution in [3.63, 3.8) is 0 Å². The first kappa shape index (κ1) is 32.0. The van der Waals surface area contributed by atoms with Gasteiger partial charge in [-0.05, 0) is 99.3 Å². The van der Waals surface area contributed by atoms with Gasteiger partial charge in [0, 0.05) is 11.4 Å². The molecule has 2 fully saturated rings. The lowest BCUT2D eigenvalue weighted by molar-refractivity contribution is 0.257. The highest BCUT2D eigenvalue weighted by atomic mass is 16.5. The van der Waals surface area contributed by atoms with E-state index in [2.05, 4.69) is 39.8 Å². The molecule has 0 aromatic carbocycles. The van der Waals surface area contributed by atoms with Crippen LogP contribution in [0.1, 0.15) is 152 Å². The van der Waals surface area contributed by atoms with E-state index in [0.717, 1.165) is 59.4 Å². The maximum atomic E-state index is 6.39. The van der Waals surface area contributed by atoms with Gasteiger partial charge < -0.3 is 4.74 Å². The Bertz CT molecular complexity index is 935. The van der Waals surface area contributed by atoms with Crippen LogP contribution in [0.15, 0.2) is 24.5 Å². The van der Waals surface area contributed by atoms with Crippen molar-refractivity contribution in [2.75, 3.05) is 0 Å². The molecule has 2 aliphatic rings. The third-order valence-electron chi connectivity index (χ3n) is 10.5. The van der Waals surface area contributed by atoms with E-state index in [4.69, 9.17) is 14.7 Å². The van der Waals surface area contributed by atoms with Gasteiger partial charge in [-0.1, -0.05) is 104 Å². The number of unbranched alkanes of at least 4 members (excludes halogenated alkanes) is 6. The van der Waals surface area contributed by atoms with Gasteiger partial charge in [0.05, 0.1) is 12.4 Å². The van der Waals surface area contributed by atoms with Gasteiger partial charge in [0.1, 0.15) is 11.5 Å². The SMILES string of the molecule is CCCCCCC1CCC(Cc2cc(Oc3cnc(C)c(CC4CCC(CCCCCC)CC4)c3)cnc2C)CC1. The summed E-state index contributed by atoms with van der Waals surface area (Å²) in [5.74, 6) is 5.22. The maximum absolute atomic E-state index is 6.39. The van der Waals surface area contributed by atoms with Gasteiger partial charge in [-0.3, -0.25) is 9.97 Å². The first-order valence-corrected chi connectivity index (χ1v) is 17.6. The van der Waals surface area contributed by atoms with Crippen LogP contribution in [0.25, 0.3) is 0 Å². The van der Waals surface area contributed by atoms with E-state index in [1.54, 1.807) is 0 Å². The van der Waals surface area contributed by atoms with Crippen molar-refractivity contribution in [1.82, 2.24) is 9.97 Å². The van der Waals surface area contributed by atoms with Crippen LogP contribution in [-0.4, -0.2) is 9.97 Å². The largest absolute Gasteiger partial charge is 0.454 e. The molecule has 0 unspecified atom stereocenters. The van der Waals surface area contributed by atoms with E-state index in [9.17, 15) is 0 Å². The fourth-order valence-electron chi connectivity index (χ4n) is 7.56. The molecule has 228 valence electrons. The summed E-state index contributed by atoms with van der Waals surface area (Å²) in [5, 5.41) is 0. The standard InChI is InChI=1S/C38H60N2O/c1-5-7-9-11-13-31-15-19-33(20-16-31)23-35-25-37(27-39-29(35)3)41-38-26-36(30(4)40-28-38)24-34-21-17-32(18-22-34)14-12-10-8-6-2/h25-28,31-34H,5-24H2,1-4H3. The monoisotopic (exact) mass is 560 g/mol. The van der Waals surface area contributed by atoms with Crippen molar-refractivity contribution in [3.05, 3.63) is 47.0 Å². The van der Waals surface area contributed by atoms with Crippen LogP contribution < -0.4 is 4.74 Å². The molecule has 41 heavy (non-hydrogen) atoms. The summed E-state index contributed by atoms with van der Waals surface area (Å²) in [6, 6.07) is 4.50. The molecule has 2 heterocycles. The number of hydrogen-bond donors (Lipinski definition) is 0. The molecule has 2 aliphatic carbocycles. The van der Waals surface area contributed by atoms with Gasteiger partial charge in [-0.2, -0.15) is 0 Å². The van der Waals surface area contributed by atoms with E-state index in [-0.39, 0.29) is 0 Å². The Morgan fingerprint density at radius 3 is 1.34 bits per heavy atom. The van der Waals surface area contributed by atoms with Crippen LogP contribution in [0.5, 0.6) is 11.5 Å². The van der Waals surface area contributed by atoms with Gasteiger partial charge in [0.15, 0.2) is 0 Å². The lowest BCUT2D eigenvalue weighted by atomic mass is 9.77. The van der Waals surface area contributed by atoms with Gasteiger partial charge in [-0.25, -0.2) is 0 Å². The zero-order valence-electron chi connectivity index (χ0n) is 27.1. The van der Waals surface area contributed by atoms with E-state index in [0.29, 0.717) is 0 Å². The molecule has 3 heteroatoms. The predicted molar refractivity (Wildman–Crippen MR) is 174 cm³/mol. The number of hydrogen-bond acceptors (Lipinski definition) is 3. The van der Waals surface area contributed by atoms with Crippen LogP contribution in [-0.2, 0) is 12.8 Å². The average Bonchev–Trinajstić information content (AvgIpc) is 2.98. The van der Waals surface area contributed by atoms with Crippen molar-refractivity contribution in [3.8, 4) is 11.5 Å². The van der Waals surface area contributed by atoms with Crippen LogP contribution in [0.3, 0.4) is 0 Å². The summed E-state index contributed by atoms with van der Waals surface area (Å²) in [5.41, 5.74) is 5.03. The minimum atomic E-state index is 0.789. The number of aryl methyl sites for hydroxylation is 2. The fraction of sp³-hybridized carbons (Fsp3) is 0.737. The molecule has 0 spiro atoms. The maximum Gasteiger partial charge on any atom is 0.146 e. The molecule has 0 aliphatic heterocycles. The first-order valence-electron chi connectivity index (χ1n) is 17.6. The van der Waals surface area contributed by atoms with Crippen molar-refractivity contribution >= 4 is 0 Å². The average molecular weight is 561 g/mol. The zero-order chi connectivity index (χ0) is 28.9. The van der Waals surface area contributed by atoms with Crippen molar-refractivity contribution in [2.45, 2.75) is 156 Å². The number of ether oxygens (including phenoxy) is 1. The summed E-state index contributed by atoms with van der Waals surface area (Å²) in [7, 11) is 0. The molecule has 0 atom stereocenters. The van der Waals surface area contributed by atoms with Crippen molar-refractivity contribution in [2.24, 2.45) is 23.7 Å². The smallest absolute Gasteiger partial charge is 0.146 e. The Morgan fingerprint density at radius 1 is 0.561 bits per heavy atom. The molecule has 2 saturated carbocycles. The normalized spacial score (nSPS) is 23.0. The van der Waals surface area contributed by atoms with Gasteiger partial charge in [-0.15, -0.1) is 0 Å². The second kappa shape index (κ2) is 17.3. The molecular weight excluding hydrogens is 500 g/mol. The fourth-order valence-corrected chi connectivity index (χ4v) is 7.56. The van der Waals surface area contributed by atoms with Crippen LogP contribution >= 0.6 is 0 Å². The number of pyridine rings is 2. The highest BCUT2D eigenvalue weighted by Crippen LogP contribution is 2.36. The molecule has 0 bridgehead atoms.